The summed E-state index contributed by atoms with van der Waals surface area (Å²) >= 11 is 0. The van der Waals surface area contributed by atoms with Gasteiger partial charge in [-0.1, -0.05) is 72.8 Å². The molecule has 0 saturated carbocycles. The van der Waals surface area contributed by atoms with Gasteiger partial charge < -0.3 is 15.0 Å². The first kappa shape index (κ1) is 21.4. The molecule has 162 valence electrons. The van der Waals surface area contributed by atoms with Gasteiger partial charge in [0.15, 0.2) is 0 Å². The highest BCUT2D eigenvalue weighted by Gasteiger charge is 2.19. The summed E-state index contributed by atoms with van der Waals surface area (Å²) in [6.45, 7) is 6.28. The molecule has 0 radical (unpaired) electrons. The summed E-state index contributed by atoms with van der Waals surface area (Å²) in [5.74, 6) is 0.962. The molecule has 1 N–H and O–H groups in total. The van der Waals surface area contributed by atoms with Crippen molar-refractivity contribution < 1.29 is 4.74 Å². The summed E-state index contributed by atoms with van der Waals surface area (Å²) in [4.78, 5) is 4.99. The number of benzene rings is 3. The summed E-state index contributed by atoms with van der Waals surface area (Å²) in [5, 5.41) is 3.82. The topological polar surface area (TPSA) is 27.7 Å². The minimum atomic E-state index is 0.332. The predicted molar refractivity (Wildman–Crippen MR) is 129 cm³/mol. The fourth-order valence-electron chi connectivity index (χ4n) is 4.34. The molecule has 1 heterocycles. The lowest BCUT2D eigenvalue weighted by Gasteiger charge is -2.36. The molecule has 1 saturated heterocycles. The molecule has 4 nitrogen and oxygen atoms in total. The zero-order valence-electron chi connectivity index (χ0n) is 18.4. The number of ether oxygens (including phenoxy) is 1. The number of methoxy groups -OCH3 is 1. The molecule has 1 fully saturated rings. The molecule has 1 unspecified atom stereocenters. The second kappa shape index (κ2) is 11.0. The third kappa shape index (κ3) is 5.87. The molecule has 4 heteroatoms. The Hall–Kier alpha value is -2.82. The SMILES string of the molecule is COc1ccccc1N1CCN(CCNC(Cc2ccccc2)c2ccccc2)CC1. The van der Waals surface area contributed by atoms with Gasteiger partial charge in [0.25, 0.3) is 0 Å². The molecule has 0 amide bonds. The molecule has 0 spiro atoms. The van der Waals surface area contributed by atoms with Crippen LogP contribution in [0.3, 0.4) is 0 Å². The van der Waals surface area contributed by atoms with Crippen LogP contribution in [0.1, 0.15) is 17.2 Å². The Kier molecular flexibility index (Phi) is 7.59. The second-order valence-electron chi connectivity index (χ2n) is 8.11. The van der Waals surface area contributed by atoms with Crippen molar-refractivity contribution in [3.8, 4) is 5.75 Å². The molecular formula is C27H33N3O. The first-order chi connectivity index (χ1) is 15.3. The predicted octanol–water partition coefficient (Wildman–Crippen LogP) is 4.39. The van der Waals surface area contributed by atoms with Crippen molar-refractivity contribution in [2.24, 2.45) is 0 Å². The van der Waals surface area contributed by atoms with Gasteiger partial charge in [0.2, 0.25) is 0 Å². The molecule has 0 aromatic heterocycles. The molecule has 1 aliphatic heterocycles. The molecule has 3 aromatic rings. The van der Waals surface area contributed by atoms with Gasteiger partial charge in [-0.15, -0.1) is 0 Å². The summed E-state index contributed by atoms with van der Waals surface area (Å²) in [7, 11) is 1.75. The fraction of sp³-hybridized carbons (Fsp3) is 0.333. The highest BCUT2D eigenvalue weighted by Crippen LogP contribution is 2.28. The summed E-state index contributed by atoms with van der Waals surface area (Å²) in [5.41, 5.74) is 3.93. The van der Waals surface area contributed by atoms with Crippen LogP contribution in [0, 0.1) is 0 Å². The average molecular weight is 416 g/mol. The summed E-state index contributed by atoms with van der Waals surface area (Å²) < 4.78 is 5.54. The van der Waals surface area contributed by atoms with Gasteiger partial charge in [-0.05, 0) is 29.7 Å². The van der Waals surface area contributed by atoms with E-state index in [1.165, 1.54) is 16.8 Å². The van der Waals surface area contributed by atoms with E-state index in [1.54, 1.807) is 7.11 Å². The van der Waals surface area contributed by atoms with Gasteiger partial charge >= 0.3 is 0 Å². The largest absolute Gasteiger partial charge is 0.495 e. The van der Waals surface area contributed by atoms with E-state index in [0.29, 0.717) is 6.04 Å². The van der Waals surface area contributed by atoms with Gasteiger partial charge in [-0.2, -0.15) is 0 Å². The normalized spacial score (nSPS) is 15.6. The van der Waals surface area contributed by atoms with Crippen LogP contribution in [0.25, 0.3) is 0 Å². The van der Waals surface area contributed by atoms with E-state index in [1.807, 2.05) is 12.1 Å². The number of rotatable bonds is 9. The summed E-state index contributed by atoms with van der Waals surface area (Å²) in [6.07, 6.45) is 1.01. The van der Waals surface area contributed by atoms with E-state index in [4.69, 9.17) is 4.74 Å². The van der Waals surface area contributed by atoms with Crippen LogP contribution in [-0.2, 0) is 6.42 Å². The zero-order valence-corrected chi connectivity index (χ0v) is 18.4. The molecular weight excluding hydrogens is 382 g/mol. The third-order valence-corrected chi connectivity index (χ3v) is 6.10. The summed E-state index contributed by atoms with van der Waals surface area (Å²) in [6, 6.07) is 30.2. The van der Waals surface area contributed by atoms with Gasteiger partial charge in [0, 0.05) is 45.3 Å². The fourth-order valence-corrected chi connectivity index (χ4v) is 4.34. The first-order valence-corrected chi connectivity index (χ1v) is 11.3. The standard InChI is InChI=1S/C27H33N3O/c1-31-27-15-9-8-14-26(27)30-20-18-29(19-21-30)17-16-28-25(24-12-6-3-7-13-24)22-23-10-4-2-5-11-23/h2-15,25,28H,16-22H2,1H3. The number of nitrogens with one attached hydrogen (secondary N) is 1. The minimum Gasteiger partial charge on any atom is -0.495 e. The molecule has 1 aliphatic rings. The van der Waals surface area contributed by atoms with Crippen LogP contribution >= 0.6 is 0 Å². The Bertz CT molecular complexity index is 908. The van der Waals surface area contributed by atoms with Crippen molar-refractivity contribution in [3.63, 3.8) is 0 Å². The molecule has 1 atom stereocenters. The maximum Gasteiger partial charge on any atom is 0.142 e. The van der Waals surface area contributed by atoms with Crippen LogP contribution in [0.5, 0.6) is 5.75 Å². The molecule has 3 aromatic carbocycles. The van der Waals surface area contributed by atoms with E-state index in [0.717, 1.165) is 51.4 Å². The zero-order chi connectivity index (χ0) is 21.3. The number of nitrogens with zero attached hydrogens (tertiary/aromatic N) is 2. The van der Waals surface area contributed by atoms with Crippen molar-refractivity contribution in [2.45, 2.75) is 12.5 Å². The second-order valence-corrected chi connectivity index (χ2v) is 8.11. The van der Waals surface area contributed by atoms with E-state index in [2.05, 4.69) is 87.9 Å². The molecule has 0 bridgehead atoms. The van der Waals surface area contributed by atoms with Crippen molar-refractivity contribution in [2.75, 3.05) is 51.3 Å². The van der Waals surface area contributed by atoms with Crippen molar-refractivity contribution >= 4 is 5.69 Å². The van der Waals surface area contributed by atoms with Gasteiger partial charge in [-0.3, -0.25) is 4.90 Å². The van der Waals surface area contributed by atoms with Crippen LogP contribution < -0.4 is 15.0 Å². The average Bonchev–Trinajstić information content (AvgIpc) is 2.85. The third-order valence-electron chi connectivity index (χ3n) is 6.10. The minimum absolute atomic E-state index is 0.332. The van der Waals surface area contributed by atoms with Crippen molar-refractivity contribution in [3.05, 3.63) is 96.1 Å². The lowest BCUT2D eigenvalue weighted by molar-refractivity contribution is 0.253. The lowest BCUT2D eigenvalue weighted by atomic mass is 9.99. The van der Waals surface area contributed by atoms with Gasteiger partial charge in [0.1, 0.15) is 5.75 Å². The Morgan fingerprint density at radius 1 is 0.806 bits per heavy atom. The van der Waals surface area contributed by atoms with Gasteiger partial charge in [0.05, 0.1) is 12.8 Å². The van der Waals surface area contributed by atoms with Gasteiger partial charge in [-0.25, -0.2) is 0 Å². The highest BCUT2D eigenvalue weighted by molar-refractivity contribution is 5.58. The Morgan fingerprint density at radius 2 is 1.45 bits per heavy atom. The monoisotopic (exact) mass is 415 g/mol. The van der Waals surface area contributed by atoms with E-state index in [9.17, 15) is 0 Å². The molecule has 31 heavy (non-hydrogen) atoms. The van der Waals surface area contributed by atoms with Crippen LogP contribution in [-0.4, -0.2) is 51.3 Å². The highest BCUT2D eigenvalue weighted by atomic mass is 16.5. The van der Waals surface area contributed by atoms with Crippen molar-refractivity contribution in [1.82, 2.24) is 10.2 Å². The maximum absolute atomic E-state index is 5.54. The number of para-hydroxylation sites is 2. The number of piperazine rings is 1. The number of hydrogen-bond acceptors (Lipinski definition) is 4. The Morgan fingerprint density at radius 3 is 2.16 bits per heavy atom. The van der Waals surface area contributed by atoms with Crippen LogP contribution in [0.4, 0.5) is 5.69 Å². The van der Waals surface area contributed by atoms with E-state index < -0.39 is 0 Å². The molecule has 4 rings (SSSR count). The van der Waals surface area contributed by atoms with Crippen molar-refractivity contribution in [1.29, 1.82) is 0 Å². The Labute approximate surface area is 186 Å². The molecule has 0 aliphatic carbocycles. The van der Waals surface area contributed by atoms with E-state index >= 15 is 0 Å². The number of hydrogen-bond donors (Lipinski definition) is 1. The maximum atomic E-state index is 5.54. The number of anilines is 1. The van der Waals surface area contributed by atoms with Crippen LogP contribution in [0.2, 0.25) is 0 Å². The first-order valence-electron chi connectivity index (χ1n) is 11.3. The smallest absolute Gasteiger partial charge is 0.142 e. The van der Waals surface area contributed by atoms with Crippen LogP contribution in [0.15, 0.2) is 84.9 Å². The lowest BCUT2D eigenvalue weighted by Crippen LogP contribution is -2.48. The van der Waals surface area contributed by atoms with E-state index in [-0.39, 0.29) is 0 Å². The Balaban J connectivity index is 1.29. The quantitative estimate of drug-likeness (QED) is 0.561.